The lowest BCUT2D eigenvalue weighted by Crippen LogP contribution is -2.37. The van der Waals surface area contributed by atoms with E-state index in [0.717, 1.165) is 31.3 Å². The molecule has 0 aromatic heterocycles. The number of hydrogen-bond acceptors (Lipinski definition) is 2. The molecule has 3 rings (SSSR count). The third-order valence-corrected chi connectivity index (χ3v) is 4.89. The average Bonchev–Trinajstić information content (AvgIpc) is 2.94. The van der Waals surface area contributed by atoms with E-state index in [1.165, 1.54) is 10.5 Å². The molecule has 19 heavy (non-hydrogen) atoms. The zero-order valence-corrected chi connectivity index (χ0v) is 11.7. The molecule has 2 amide bonds. The lowest BCUT2D eigenvalue weighted by Gasteiger charge is -2.33. The minimum atomic E-state index is -0.147. The predicted molar refractivity (Wildman–Crippen MR) is 73.2 cm³/mol. The fraction of sp³-hybridized carbons (Fsp3) is 0.625. The molecule has 1 saturated carbocycles. The molecule has 0 aromatic carbocycles. The Hall–Kier alpha value is -1.38. The highest BCUT2D eigenvalue weighted by atomic mass is 16.2. The highest BCUT2D eigenvalue weighted by Crippen LogP contribution is 2.62. The van der Waals surface area contributed by atoms with Gasteiger partial charge in [0.05, 0.1) is 5.92 Å². The van der Waals surface area contributed by atoms with Gasteiger partial charge in [0.2, 0.25) is 5.91 Å². The van der Waals surface area contributed by atoms with Gasteiger partial charge in [0, 0.05) is 12.1 Å². The summed E-state index contributed by atoms with van der Waals surface area (Å²) in [4.78, 5) is 26.4. The molecule has 1 heterocycles. The van der Waals surface area contributed by atoms with Crippen LogP contribution in [0.4, 0.5) is 0 Å². The highest BCUT2D eigenvalue weighted by Gasteiger charge is 2.61. The first-order valence-corrected chi connectivity index (χ1v) is 7.18. The Bertz CT molecular complexity index is 503. The first kappa shape index (κ1) is 12.6. The number of carbonyl (C=O) groups is 2. The largest absolute Gasteiger partial charge is 0.274 e. The molecule has 1 saturated heterocycles. The van der Waals surface area contributed by atoms with Crippen molar-refractivity contribution in [1.29, 1.82) is 0 Å². The van der Waals surface area contributed by atoms with E-state index in [2.05, 4.69) is 20.4 Å². The van der Waals surface area contributed by atoms with Crippen molar-refractivity contribution < 1.29 is 9.59 Å². The van der Waals surface area contributed by atoms with Crippen LogP contribution in [0.2, 0.25) is 0 Å². The molecule has 2 aliphatic carbocycles. The number of likely N-dealkylation sites (tertiary alicyclic amines) is 1. The van der Waals surface area contributed by atoms with Crippen LogP contribution in [0.15, 0.2) is 23.8 Å². The van der Waals surface area contributed by atoms with Crippen LogP contribution in [-0.2, 0) is 9.59 Å². The quantitative estimate of drug-likeness (QED) is 0.575. The van der Waals surface area contributed by atoms with Crippen molar-refractivity contribution in [2.24, 2.45) is 17.3 Å². The van der Waals surface area contributed by atoms with Crippen LogP contribution in [-0.4, -0.2) is 23.3 Å². The highest BCUT2D eigenvalue weighted by molar-refractivity contribution is 6.16. The van der Waals surface area contributed by atoms with Gasteiger partial charge in [-0.05, 0) is 37.0 Å². The van der Waals surface area contributed by atoms with Crippen molar-refractivity contribution in [2.75, 3.05) is 6.54 Å². The third-order valence-electron chi connectivity index (χ3n) is 4.89. The Kier molecular flexibility index (Phi) is 2.70. The van der Waals surface area contributed by atoms with Crippen molar-refractivity contribution in [3.63, 3.8) is 0 Å². The van der Waals surface area contributed by atoms with E-state index < -0.39 is 0 Å². The van der Waals surface area contributed by atoms with Gasteiger partial charge >= 0.3 is 0 Å². The van der Waals surface area contributed by atoms with Gasteiger partial charge in [-0.3, -0.25) is 14.5 Å². The number of imide groups is 1. The molecule has 102 valence electrons. The molecule has 0 radical (unpaired) electrons. The molecule has 2 bridgehead atoms. The summed E-state index contributed by atoms with van der Waals surface area (Å²) in [5, 5.41) is 0. The summed E-state index contributed by atoms with van der Waals surface area (Å²) in [5.74, 6) is 0.395. The molecule has 2 unspecified atom stereocenters. The summed E-state index contributed by atoms with van der Waals surface area (Å²) in [6, 6.07) is 0. The zero-order chi connectivity index (χ0) is 13.8. The van der Waals surface area contributed by atoms with E-state index in [-0.39, 0.29) is 23.1 Å². The maximum Gasteiger partial charge on any atom is 0.257 e. The van der Waals surface area contributed by atoms with Crippen LogP contribution in [0.5, 0.6) is 0 Å². The molecule has 3 heteroatoms. The van der Waals surface area contributed by atoms with E-state index in [1.54, 1.807) is 6.08 Å². The molecule has 1 aliphatic heterocycles. The number of nitrogens with zero attached hydrogens (tertiary/aromatic N) is 1. The number of rotatable bonds is 4. The Labute approximate surface area is 114 Å². The molecule has 2 atom stereocenters. The second kappa shape index (κ2) is 4.06. The average molecular weight is 259 g/mol. The van der Waals surface area contributed by atoms with Crippen LogP contribution >= 0.6 is 0 Å². The Morgan fingerprint density at radius 1 is 1.47 bits per heavy atom. The fourth-order valence-electron chi connectivity index (χ4n) is 4.46. The van der Waals surface area contributed by atoms with E-state index in [9.17, 15) is 9.59 Å². The van der Waals surface area contributed by atoms with Gasteiger partial charge in [0.15, 0.2) is 0 Å². The number of carbonyl (C=O) groups excluding carboxylic acids is 2. The fourth-order valence-corrected chi connectivity index (χ4v) is 4.46. The lowest BCUT2D eigenvalue weighted by atomic mass is 9.69. The van der Waals surface area contributed by atoms with Crippen molar-refractivity contribution in [3.05, 3.63) is 23.8 Å². The van der Waals surface area contributed by atoms with Gasteiger partial charge in [-0.2, -0.15) is 0 Å². The van der Waals surface area contributed by atoms with Gasteiger partial charge in [-0.15, -0.1) is 6.58 Å². The molecular formula is C16H21NO2. The van der Waals surface area contributed by atoms with Crippen LogP contribution in [0.1, 0.15) is 39.5 Å². The zero-order valence-electron chi connectivity index (χ0n) is 11.7. The summed E-state index contributed by atoms with van der Waals surface area (Å²) in [6.45, 7) is 8.40. The maximum atomic E-state index is 12.6. The number of hydrogen-bond donors (Lipinski definition) is 0. The van der Waals surface area contributed by atoms with Crippen molar-refractivity contribution in [2.45, 2.75) is 39.5 Å². The van der Waals surface area contributed by atoms with Crippen molar-refractivity contribution in [3.8, 4) is 0 Å². The third kappa shape index (κ3) is 1.57. The molecule has 3 nitrogen and oxygen atoms in total. The normalized spacial score (nSPS) is 32.8. The lowest BCUT2D eigenvalue weighted by molar-refractivity contribution is -0.140. The van der Waals surface area contributed by atoms with E-state index >= 15 is 0 Å². The number of allylic oxidation sites excluding steroid dienone is 1. The van der Waals surface area contributed by atoms with E-state index in [1.807, 2.05) is 0 Å². The van der Waals surface area contributed by atoms with Gasteiger partial charge in [0.1, 0.15) is 0 Å². The molecule has 3 aliphatic rings. The molecule has 2 fully saturated rings. The van der Waals surface area contributed by atoms with Gasteiger partial charge in [-0.1, -0.05) is 25.5 Å². The van der Waals surface area contributed by atoms with Crippen molar-refractivity contribution in [1.82, 2.24) is 4.90 Å². The van der Waals surface area contributed by atoms with Crippen LogP contribution in [0.25, 0.3) is 0 Å². The predicted octanol–water partition coefficient (Wildman–Crippen LogP) is 2.68. The second-order valence-corrected chi connectivity index (χ2v) is 6.63. The van der Waals surface area contributed by atoms with E-state index in [4.69, 9.17) is 0 Å². The molecule has 0 aromatic rings. The summed E-state index contributed by atoms with van der Waals surface area (Å²) >= 11 is 0. The maximum absolute atomic E-state index is 12.6. The Morgan fingerprint density at radius 2 is 2.21 bits per heavy atom. The number of amides is 2. The van der Waals surface area contributed by atoms with Gasteiger partial charge < -0.3 is 0 Å². The van der Waals surface area contributed by atoms with Crippen LogP contribution in [0, 0.1) is 17.3 Å². The van der Waals surface area contributed by atoms with Crippen LogP contribution in [0.3, 0.4) is 0 Å². The topological polar surface area (TPSA) is 37.4 Å². The number of fused-ring (bicyclic) bond motifs is 4. The Morgan fingerprint density at radius 3 is 2.84 bits per heavy atom. The molecule has 0 N–H and O–H groups in total. The van der Waals surface area contributed by atoms with Gasteiger partial charge in [0.25, 0.3) is 5.91 Å². The first-order valence-electron chi connectivity index (χ1n) is 7.18. The summed E-state index contributed by atoms with van der Waals surface area (Å²) < 4.78 is 0. The van der Waals surface area contributed by atoms with Crippen LogP contribution < -0.4 is 0 Å². The Balaban J connectivity index is 2.00. The SMILES string of the molecule is C=CCN1C(=O)C2=C3CCC(CC(C)C)(C3)C2C1=O. The van der Waals surface area contributed by atoms with Crippen molar-refractivity contribution >= 4 is 11.8 Å². The van der Waals surface area contributed by atoms with Gasteiger partial charge in [-0.25, -0.2) is 0 Å². The smallest absolute Gasteiger partial charge is 0.257 e. The first-order chi connectivity index (χ1) is 9.00. The van der Waals surface area contributed by atoms with E-state index in [0.29, 0.717) is 12.5 Å². The molecule has 0 spiro atoms. The molecular weight excluding hydrogens is 238 g/mol. The summed E-state index contributed by atoms with van der Waals surface area (Å²) in [7, 11) is 0. The summed E-state index contributed by atoms with van der Waals surface area (Å²) in [6.07, 6.45) is 5.75. The second-order valence-electron chi connectivity index (χ2n) is 6.63. The standard InChI is InChI=1S/C16H21NO2/c1-4-7-17-14(18)12-11-5-6-16(9-11,8-10(2)3)13(12)15(17)19/h4,10,13H,1,5-9H2,2-3H3. The summed E-state index contributed by atoms with van der Waals surface area (Å²) in [5.41, 5.74) is 2.15. The monoisotopic (exact) mass is 259 g/mol. The minimum Gasteiger partial charge on any atom is -0.274 e. The minimum absolute atomic E-state index is 0.0234.